The molecule has 0 saturated carbocycles. The summed E-state index contributed by atoms with van der Waals surface area (Å²) < 4.78 is 15.6. The van der Waals surface area contributed by atoms with Gasteiger partial charge in [-0.2, -0.15) is 0 Å². The monoisotopic (exact) mass is 456 g/mol. The highest BCUT2D eigenvalue weighted by molar-refractivity contribution is 9.10. The molecule has 4 aromatic rings. The topological polar surface area (TPSA) is 25.8 Å². The van der Waals surface area contributed by atoms with E-state index in [9.17, 15) is 4.39 Å². The Morgan fingerprint density at radius 3 is 1.60 bits per heavy atom. The SMILES string of the molecule is Fc1ccc2nc(-c3ccc(Br)cc3)c(-c3ccc(Br)cc3)nc2c1. The minimum Gasteiger partial charge on any atom is -0.244 e. The summed E-state index contributed by atoms with van der Waals surface area (Å²) in [5.74, 6) is -0.319. The van der Waals surface area contributed by atoms with E-state index < -0.39 is 0 Å². The van der Waals surface area contributed by atoms with E-state index in [2.05, 4.69) is 31.9 Å². The predicted octanol–water partition coefficient (Wildman–Crippen LogP) is 6.63. The molecule has 0 amide bonds. The maximum atomic E-state index is 13.6. The van der Waals surface area contributed by atoms with Crippen molar-refractivity contribution >= 4 is 42.9 Å². The van der Waals surface area contributed by atoms with Gasteiger partial charge >= 0.3 is 0 Å². The van der Waals surface area contributed by atoms with Crippen LogP contribution in [0.1, 0.15) is 0 Å². The van der Waals surface area contributed by atoms with Crippen LogP contribution in [0.25, 0.3) is 33.5 Å². The molecular weight excluding hydrogens is 447 g/mol. The number of hydrogen-bond donors (Lipinski definition) is 0. The lowest BCUT2D eigenvalue weighted by Gasteiger charge is -2.11. The van der Waals surface area contributed by atoms with Gasteiger partial charge in [0, 0.05) is 26.1 Å². The zero-order valence-corrected chi connectivity index (χ0v) is 16.1. The smallest absolute Gasteiger partial charge is 0.125 e. The Hall–Kier alpha value is -2.11. The van der Waals surface area contributed by atoms with Crippen molar-refractivity contribution < 1.29 is 4.39 Å². The average molecular weight is 458 g/mol. The van der Waals surface area contributed by atoms with Crippen LogP contribution in [0, 0.1) is 5.82 Å². The van der Waals surface area contributed by atoms with Gasteiger partial charge in [0.1, 0.15) is 5.82 Å². The highest BCUT2D eigenvalue weighted by Crippen LogP contribution is 2.32. The summed E-state index contributed by atoms with van der Waals surface area (Å²) in [6.45, 7) is 0. The van der Waals surface area contributed by atoms with Crippen molar-refractivity contribution in [1.29, 1.82) is 0 Å². The quantitative estimate of drug-likeness (QED) is 0.337. The Bertz CT molecular complexity index is 1060. The van der Waals surface area contributed by atoms with Crippen LogP contribution in [0.5, 0.6) is 0 Å². The van der Waals surface area contributed by atoms with Crippen molar-refractivity contribution in [2.24, 2.45) is 0 Å². The van der Waals surface area contributed by atoms with Crippen molar-refractivity contribution in [2.45, 2.75) is 0 Å². The molecule has 1 aromatic heterocycles. The molecule has 2 nitrogen and oxygen atoms in total. The second-order valence-corrected chi connectivity index (χ2v) is 7.40. The van der Waals surface area contributed by atoms with Crippen molar-refractivity contribution in [3.05, 3.63) is 81.5 Å². The molecule has 0 aliphatic rings. The molecule has 0 spiro atoms. The third kappa shape index (κ3) is 3.34. The van der Waals surface area contributed by atoms with E-state index in [1.165, 1.54) is 12.1 Å². The zero-order chi connectivity index (χ0) is 17.4. The van der Waals surface area contributed by atoms with Gasteiger partial charge in [0.05, 0.1) is 22.4 Å². The third-order valence-corrected chi connectivity index (χ3v) is 4.92. The first-order valence-electron chi connectivity index (χ1n) is 7.59. The lowest BCUT2D eigenvalue weighted by Crippen LogP contribution is -1.96. The normalized spacial score (nSPS) is 11.0. The molecule has 1 heterocycles. The molecule has 3 aromatic carbocycles. The van der Waals surface area contributed by atoms with Crippen LogP contribution in [0.2, 0.25) is 0 Å². The van der Waals surface area contributed by atoms with Gasteiger partial charge in [-0.15, -0.1) is 0 Å². The summed E-state index contributed by atoms with van der Waals surface area (Å²) in [5, 5.41) is 0. The van der Waals surface area contributed by atoms with Gasteiger partial charge in [-0.3, -0.25) is 0 Å². The number of fused-ring (bicyclic) bond motifs is 1. The van der Waals surface area contributed by atoms with Crippen LogP contribution in [-0.4, -0.2) is 9.97 Å². The Kier molecular flexibility index (Phi) is 4.36. The van der Waals surface area contributed by atoms with Crippen molar-refractivity contribution in [3.8, 4) is 22.5 Å². The molecule has 0 N–H and O–H groups in total. The average Bonchev–Trinajstić information content (AvgIpc) is 2.62. The Morgan fingerprint density at radius 1 is 0.600 bits per heavy atom. The molecule has 0 radical (unpaired) electrons. The Morgan fingerprint density at radius 2 is 1.08 bits per heavy atom. The van der Waals surface area contributed by atoms with Gasteiger partial charge in [0.15, 0.2) is 0 Å². The van der Waals surface area contributed by atoms with Crippen LogP contribution in [-0.2, 0) is 0 Å². The lowest BCUT2D eigenvalue weighted by molar-refractivity contribution is 0.629. The standard InChI is InChI=1S/C20H11Br2FN2/c21-14-5-1-12(2-6-14)19-20(13-3-7-15(22)8-4-13)25-18-11-16(23)9-10-17(18)24-19/h1-11H. The first-order chi connectivity index (χ1) is 12.1. The van der Waals surface area contributed by atoms with Crippen LogP contribution < -0.4 is 0 Å². The van der Waals surface area contributed by atoms with Crippen molar-refractivity contribution in [3.63, 3.8) is 0 Å². The van der Waals surface area contributed by atoms with Crippen LogP contribution >= 0.6 is 31.9 Å². The van der Waals surface area contributed by atoms with Gasteiger partial charge in [0.2, 0.25) is 0 Å². The van der Waals surface area contributed by atoms with Gasteiger partial charge in [-0.1, -0.05) is 56.1 Å². The first-order valence-corrected chi connectivity index (χ1v) is 9.18. The van der Waals surface area contributed by atoms with Crippen LogP contribution in [0.3, 0.4) is 0 Å². The summed E-state index contributed by atoms with van der Waals surface area (Å²) in [5.41, 5.74) is 4.60. The minimum atomic E-state index is -0.319. The third-order valence-electron chi connectivity index (χ3n) is 3.86. The highest BCUT2D eigenvalue weighted by Gasteiger charge is 2.13. The van der Waals surface area contributed by atoms with E-state index in [4.69, 9.17) is 9.97 Å². The summed E-state index contributed by atoms with van der Waals surface area (Å²) in [7, 11) is 0. The van der Waals surface area contributed by atoms with Crippen molar-refractivity contribution in [1.82, 2.24) is 9.97 Å². The highest BCUT2D eigenvalue weighted by atomic mass is 79.9. The Balaban J connectivity index is 2.01. The fourth-order valence-electron chi connectivity index (χ4n) is 2.65. The van der Waals surface area contributed by atoms with Crippen molar-refractivity contribution in [2.75, 3.05) is 0 Å². The molecule has 122 valence electrons. The van der Waals surface area contributed by atoms with E-state index in [1.54, 1.807) is 6.07 Å². The van der Waals surface area contributed by atoms with Gasteiger partial charge in [0.25, 0.3) is 0 Å². The zero-order valence-electron chi connectivity index (χ0n) is 12.9. The maximum absolute atomic E-state index is 13.6. The Labute approximate surface area is 161 Å². The molecule has 4 rings (SSSR count). The van der Waals surface area contributed by atoms with Crippen LogP contribution in [0.15, 0.2) is 75.7 Å². The molecule has 0 atom stereocenters. The number of rotatable bonds is 2. The van der Waals surface area contributed by atoms with E-state index in [0.717, 1.165) is 31.5 Å². The van der Waals surface area contributed by atoms with Gasteiger partial charge in [-0.25, -0.2) is 14.4 Å². The van der Waals surface area contributed by atoms with Crippen LogP contribution in [0.4, 0.5) is 4.39 Å². The molecule has 5 heteroatoms. The predicted molar refractivity (Wildman–Crippen MR) is 106 cm³/mol. The molecule has 0 fully saturated rings. The number of hydrogen-bond acceptors (Lipinski definition) is 2. The minimum absolute atomic E-state index is 0.319. The summed E-state index contributed by atoms with van der Waals surface area (Å²) in [4.78, 5) is 9.46. The molecule has 0 bridgehead atoms. The molecule has 0 aliphatic heterocycles. The van der Waals surface area contributed by atoms with E-state index in [0.29, 0.717) is 11.0 Å². The summed E-state index contributed by atoms with van der Waals surface area (Å²) >= 11 is 6.90. The summed E-state index contributed by atoms with van der Waals surface area (Å²) in [6, 6.07) is 20.3. The largest absolute Gasteiger partial charge is 0.244 e. The van der Waals surface area contributed by atoms with E-state index >= 15 is 0 Å². The molecule has 0 saturated heterocycles. The fourth-order valence-corrected chi connectivity index (χ4v) is 3.17. The lowest BCUT2D eigenvalue weighted by atomic mass is 10.0. The molecule has 0 unspecified atom stereocenters. The molecular formula is C20H11Br2FN2. The number of aromatic nitrogens is 2. The number of halogens is 3. The van der Waals surface area contributed by atoms with E-state index in [1.807, 2.05) is 48.5 Å². The fraction of sp³-hybridized carbons (Fsp3) is 0. The second-order valence-electron chi connectivity index (χ2n) is 5.57. The first kappa shape index (κ1) is 16.4. The summed E-state index contributed by atoms with van der Waals surface area (Å²) in [6.07, 6.45) is 0. The van der Waals surface area contributed by atoms with E-state index in [-0.39, 0.29) is 5.82 Å². The molecule has 0 aliphatic carbocycles. The second kappa shape index (κ2) is 6.65. The maximum Gasteiger partial charge on any atom is 0.125 e. The number of nitrogens with zero attached hydrogens (tertiary/aromatic N) is 2. The van der Waals surface area contributed by atoms with Gasteiger partial charge in [-0.05, 0) is 36.4 Å². The number of benzene rings is 3. The van der Waals surface area contributed by atoms with Gasteiger partial charge < -0.3 is 0 Å². The molecule has 25 heavy (non-hydrogen) atoms.